The predicted molar refractivity (Wildman–Crippen MR) is 61.5 cm³/mol. The van der Waals surface area contributed by atoms with Gasteiger partial charge in [0.05, 0.1) is 12.0 Å². The Bertz CT molecular complexity index is 287. The molecule has 1 saturated heterocycles. The van der Waals surface area contributed by atoms with Gasteiger partial charge in [0, 0.05) is 0 Å². The fourth-order valence-electron chi connectivity index (χ4n) is 2.11. The van der Waals surface area contributed by atoms with E-state index in [9.17, 15) is 9.59 Å². The summed E-state index contributed by atoms with van der Waals surface area (Å²) in [5.74, 6) is -1.47. The first kappa shape index (κ1) is 13.9. The minimum Gasteiger partial charge on any atom is -0.479 e. The van der Waals surface area contributed by atoms with Gasteiger partial charge in [-0.05, 0) is 32.4 Å². The molecule has 0 aromatic heterocycles. The van der Waals surface area contributed by atoms with E-state index in [1.807, 2.05) is 6.92 Å². The van der Waals surface area contributed by atoms with Crippen LogP contribution in [-0.4, -0.2) is 47.8 Å². The Kier molecular flexibility index (Phi) is 4.89. The highest BCUT2D eigenvalue weighted by atomic mass is 16.4. The van der Waals surface area contributed by atoms with Crippen molar-refractivity contribution in [1.29, 1.82) is 0 Å². The normalized spacial score (nSPS) is 20.6. The van der Waals surface area contributed by atoms with Crippen molar-refractivity contribution in [1.82, 2.24) is 10.6 Å². The molecular weight excluding hydrogens is 224 g/mol. The number of piperidine rings is 1. The highest BCUT2D eigenvalue weighted by Gasteiger charge is 2.37. The summed E-state index contributed by atoms with van der Waals surface area (Å²) < 4.78 is 0. The van der Waals surface area contributed by atoms with E-state index in [0.29, 0.717) is 0 Å². The number of hydrogen-bond acceptors (Lipinski definition) is 4. The van der Waals surface area contributed by atoms with Crippen molar-refractivity contribution in [2.45, 2.75) is 32.3 Å². The third-order valence-electron chi connectivity index (χ3n) is 3.46. The lowest BCUT2D eigenvalue weighted by atomic mass is 9.76. The van der Waals surface area contributed by atoms with E-state index in [2.05, 4.69) is 10.6 Å². The molecular formula is C11H20N2O4. The third-order valence-corrected chi connectivity index (χ3v) is 3.46. The first-order chi connectivity index (χ1) is 8.02. The van der Waals surface area contributed by atoms with Crippen LogP contribution < -0.4 is 10.6 Å². The van der Waals surface area contributed by atoms with Crippen LogP contribution in [0.3, 0.4) is 0 Å². The van der Waals surface area contributed by atoms with Gasteiger partial charge < -0.3 is 20.8 Å². The first-order valence-electron chi connectivity index (χ1n) is 5.92. The molecule has 1 aliphatic heterocycles. The first-order valence-corrected chi connectivity index (χ1v) is 5.92. The van der Waals surface area contributed by atoms with Crippen molar-refractivity contribution in [3.63, 3.8) is 0 Å². The molecule has 6 nitrogen and oxygen atoms in total. The summed E-state index contributed by atoms with van der Waals surface area (Å²) in [6.07, 6.45) is 0.690. The maximum Gasteiger partial charge on any atom is 0.334 e. The number of rotatable bonds is 5. The largest absolute Gasteiger partial charge is 0.479 e. The molecule has 0 bridgehead atoms. The fraction of sp³-hybridized carbons (Fsp3) is 0.818. The predicted octanol–water partition coefficient (Wildman–Crippen LogP) is -0.672. The van der Waals surface area contributed by atoms with Crippen LogP contribution in [0.25, 0.3) is 0 Å². The Balaban J connectivity index is 2.52. The number of hydrogen-bond donors (Lipinski definition) is 4. The number of aliphatic carboxylic acids is 1. The molecule has 1 unspecified atom stereocenters. The summed E-state index contributed by atoms with van der Waals surface area (Å²) in [4.78, 5) is 22.5. The van der Waals surface area contributed by atoms with E-state index < -0.39 is 17.5 Å². The number of amides is 1. The zero-order chi connectivity index (χ0) is 12.9. The molecule has 1 fully saturated rings. The van der Waals surface area contributed by atoms with Crippen LogP contribution in [0, 0.1) is 5.41 Å². The summed E-state index contributed by atoms with van der Waals surface area (Å²) in [5.41, 5.74) is -0.413. The topological polar surface area (TPSA) is 98.7 Å². The lowest BCUT2D eigenvalue weighted by Gasteiger charge is -2.35. The second-order valence-electron chi connectivity index (χ2n) is 4.45. The molecule has 0 aliphatic carbocycles. The van der Waals surface area contributed by atoms with E-state index in [1.54, 1.807) is 0 Å². The van der Waals surface area contributed by atoms with Crippen LogP contribution in [-0.2, 0) is 9.59 Å². The van der Waals surface area contributed by atoms with Crippen LogP contribution in [0.4, 0.5) is 0 Å². The van der Waals surface area contributed by atoms with Gasteiger partial charge in [0.2, 0.25) is 5.91 Å². The zero-order valence-electron chi connectivity index (χ0n) is 10.0. The molecule has 1 aliphatic rings. The number of aliphatic hydroxyl groups excluding tert-OH is 1. The van der Waals surface area contributed by atoms with E-state index in [0.717, 1.165) is 32.4 Å². The van der Waals surface area contributed by atoms with Gasteiger partial charge in [0.15, 0.2) is 6.10 Å². The molecule has 0 aromatic carbocycles. The molecule has 0 radical (unpaired) electrons. The average Bonchev–Trinajstić information content (AvgIpc) is 2.36. The van der Waals surface area contributed by atoms with E-state index >= 15 is 0 Å². The van der Waals surface area contributed by atoms with Crippen LogP contribution in [0.1, 0.15) is 26.2 Å². The Hall–Kier alpha value is -1.14. The highest BCUT2D eigenvalue weighted by molar-refractivity contribution is 5.83. The molecule has 1 atom stereocenters. The SMILES string of the molecule is CCC1(C(=O)NCC(O)C(=O)O)CCNCC1. The third kappa shape index (κ3) is 3.41. The van der Waals surface area contributed by atoms with E-state index in [-0.39, 0.29) is 12.5 Å². The van der Waals surface area contributed by atoms with Crippen molar-refractivity contribution in [2.24, 2.45) is 5.41 Å². The Labute approximate surface area is 100 Å². The summed E-state index contributed by atoms with van der Waals surface area (Å²) in [6, 6.07) is 0. The van der Waals surface area contributed by atoms with Crippen molar-refractivity contribution in [2.75, 3.05) is 19.6 Å². The van der Waals surface area contributed by atoms with Crippen molar-refractivity contribution in [3.8, 4) is 0 Å². The lowest BCUT2D eigenvalue weighted by Crippen LogP contribution is -2.49. The quantitative estimate of drug-likeness (QED) is 0.514. The highest BCUT2D eigenvalue weighted by Crippen LogP contribution is 2.32. The number of carboxylic acids is 1. The standard InChI is InChI=1S/C11H20N2O4/c1-2-11(3-5-12-6-4-11)10(17)13-7-8(14)9(15)16/h8,12,14H,2-7H2,1H3,(H,13,17)(H,15,16). The summed E-state index contributed by atoms with van der Waals surface area (Å²) in [6.45, 7) is 3.31. The molecule has 1 heterocycles. The van der Waals surface area contributed by atoms with Gasteiger partial charge in [-0.25, -0.2) is 4.79 Å². The maximum absolute atomic E-state index is 12.0. The second-order valence-corrected chi connectivity index (χ2v) is 4.45. The van der Waals surface area contributed by atoms with Crippen LogP contribution >= 0.6 is 0 Å². The molecule has 0 spiro atoms. The molecule has 0 saturated carbocycles. The Morgan fingerprint density at radius 3 is 2.47 bits per heavy atom. The van der Waals surface area contributed by atoms with Crippen molar-refractivity contribution in [3.05, 3.63) is 0 Å². The molecule has 98 valence electrons. The average molecular weight is 244 g/mol. The van der Waals surface area contributed by atoms with E-state index in [1.165, 1.54) is 0 Å². The smallest absolute Gasteiger partial charge is 0.334 e. The molecule has 0 aromatic rings. The molecule has 6 heteroatoms. The molecule has 1 amide bonds. The number of carboxylic acid groups (broad SMARTS) is 1. The molecule has 1 rings (SSSR count). The van der Waals surface area contributed by atoms with Crippen molar-refractivity contribution >= 4 is 11.9 Å². The van der Waals surface area contributed by atoms with Crippen LogP contribution in [0.5, 0.6) is 0 Å². The molecule has 17 heavy (non-hydrogen) atoms. The van der Waals surface area contributed by atoms with E-state index in [4.69, 9.17) is 10.2 Å². The number of carbonyl (C=O) groups excluding carboxylic acids is 1. The minimum atomic E-state index is -1.53. The van der Waals surface area contributed by atoms with Crippen LogP contribution in [0.2, 0.25) is 0 Å². The van der Waals surface area contributed by atoms with Gasteiger partial charge in [-0.15, -0.1) is 0 Å². The zero-order valence-corrected chi connectivity index (χ0v) is 10.0. The van der Waals surface area contributed by atoms with Gasteiger partial charge in [-0.2, -0.15) is 0 Å². The second kappa shape index (κ2) is 5.97. The van der Waals surface area contributed by atoms with Gasteiger partial charge in [0.25, 0.3) is 0 Å². The fourth-order valence-corrected chi connectivity index (χ4v) is 2.11. The number of nitrogens with one attached hydrogen (secondary N) is 2. The van der Waals surface area contributed by atoms with Gasteiger partial charge >= 0.3 is 5.97 Å². The monoisotopic (exact) mass is 244 g/mol. The van der Waals surface area contributed by atoms with Gasteiger partial charge in [-0.3, -0.25) is 4.79 Å². The lowest BCUT2D eigenvalue weighted by molar-refractivity contribution is -0.146. The van der Waals surface area contributed by atoms with Gasteiger partial charge in [-0.1, -0.05) is 6.92 Å². The summed E-state index contributed by atoms with van der Waals surface area (Å²) >= 11 is 0. The maximum atomic E-state index is 12.0. The Morgan fingerprint density at radius 1 is 1.41 bits per heavy atom. The minimum absolute atomic E-state index is 0.151. The van der Waals surface area contributed by atoms with Crippen molar-refractivity contribution < 1.29 is 19.8 Å². The van der Waals surface area contributed by atoms with Gasteiger partial charge in [0.1, 0.15) is 0 Å². The number of aliphatic hydroxyl groups is 1. The molecule has 4 N–H and O–H groups in total. The number of carbonyl (C=O) groups is 2. The summed E-state index contributed by atoms with van der Waals surface area (Å²) in [5, 5.41) is 23.3. The Morgan fingerprint density at radius 2 is 2.00 bits per heavy atom. The van der Waals surface area contributed by atoms with Crippen LogP contribution in [0.15, 0.2) is 0 Å². The summed E-state index contributed by atoms with van der Waals surface area (Å²) in [7, 11) is 0.